The van der Waals surface area contributed by atoms with Gasteiger partial charge in [-0.1, -0.05) is 6.07 Å². The zero-order valence-corrected chi connectivity index (χ0v) is 19.2. The lowest BCUT2D eigenvalue weighted by molar-refractivity contribution is -0.146. The maximum atomic E-state index is 13.9. The predicted molar refractivity (Wildman–Crippen MR) is 117 cm³/mol. The molecule has 2 aromatic heterocycles. The van der Waals surface area contributed by atoms with Crippen LogP contribution in [0.15, 0.2) is 30.6 Å². The van der Waals surface area contributed by atoms with E-state index in [2.05, 4.69) is 10.1 Å². The van der Waals surface area contributed by atoms with Gasteiger partial charge in [0.05, 0.1) is 22.5 Å². The second-order valence-corrected chi connectivity index (χ2v) is 8.76. The molecule has 1 aliphatic heterocycles. The second kappa shape index (κ2) is 8.10. The summed E-state index contributed by atoms with van der Waals surface area (Å²) in [6.45, 7) is 3.79. The largest absolute Gasteiger partial charge is 0.418 e. The van der Waals surface area contributed by atoms with Crippen LogP contribution in [0.1, 0.15) is 31.9 Å². The molecule has 3 aromatic rings. The molecule has 0 spiro atoms. The minimum atomic E-state index is -4.87. The van der Waals surface area contributed by atoms with Crippen LogP contribution in [-0.4, -0.2) is 49.9 Å². The molecule has 1 aromatic carbocycles. The van der Waals surface area contributed by atoms with Gasteiger partial charge in [-0.3, -0.25) is 9.59 Å². The molecule has 2 N–H and O–H groups in total. The quantitative estimate of drug-likeness (QED) is 0.522. The summed E-state index contributed by atoms with van der Waals surface area (Å²) in [4.78, 5) is 30.9. The third-order valence-electron chi connectivity index (χ3n) is 6.15. The number of nitrogens with zero attached hydrogens (tertiary/aromatic N) is 5. The first-order chi connectivity index (χ1) is 16.5. The van der Waals surface area contributed by atoms with Crippen LogP contribution in [0.5, 0.6) is 0 Å². The maximum Gasteiger partial charge on any atom is 0.418 e. The van der Waals surface area contributed by atoms with Crippen LogP contribution in [0.2, 0.25) is 0 Å². The van der Waals surface area contributed by atoms with Crippen LogP contribution in [0, 0.1) is 0 Å². The van der Waals surface area contributed by atoms with Gasteiger partial charge >= 0.3 is 12.4 Å². The number of aromatic nitrogens is 3. The number of anilines is 2. The van der Waals surface area contributed by atoms with E-state index in [4.69, 9.17) is 5.73 Å². The van der Waals surface area contributed by atoms with Crippen molar-refractivity contribution in [2.45, 2.75) is 38.7 Å². The first-order valence-electron chi connectivity index (χ1n) is 10.6. The molecular weight excluding hydrogens is 494 g/mol. The molecule has 0 bridgehead atoms. The molecule has 36 heavy (non-hydrogen) atoms. The van der Waals surface area contributed by atoms with Crippen LogP contribution in [0.4, 0.5) is 37.8 Å². The highest BCUT2D eigenvalue weighted by molar-refractivity contribution is 6.03. The molecule has 0 unspecified atom stereocenters. The molecule has 3 heterocycles. The molecule has 1 aliphatic rings. The summed E-state index contributed by atoms with van der Waals surface area (Å²) in [7, 11) is 0. The highest BCUT2D eigenvalue weighted by atomic mass is 19.4. The second-order valence-electron chi connectivity index (χ2n) is 8.76. The van der Waals surface area contributed by atoms with Crippen molar-refractivity contribution in [2.24, 2.45) is 0 Å². The smallest absolute Gasteiger partial charge is 0.382 e. The normalized spacial score (nSPS) is 16.6. The molecule has 8 nitrogen and oxygen atoms in total. The number of halogens is 6. The zero-order chi connectivity index (χ0) is 26.8. The van der Waals surface area contributed by atoms with Gasteiger partial charge in [0.15, 0.2) is 5.82 Å². The fraction of sp³-hybridized carbons (Fsp3) is 0.364. The first-order valence-corrected chi connectivity index (χ1v) is 10.6. The summed E-state index contributed by atoms with van der Waals surface area (Å²) < 4.78 is 83.7. The Kier molecular flexibility index (Phi) is 5.68. The van der Waals surface area contributed by atoms with Crippen LogP contribution >= 0.6 is 0 Å². The molecule has 1 saturated heterocycles. The third-order valence-corrected chi connectivity index (χ3v) is 6.15. The van der Waals surface area contributed by atoms with Crippen molar-refractivity contribution in [2.75, 3.05) is 23.7 Å². The van der Waals surface area contributed by atoms with Crippen LogP contribution in [0.3, 0.4) is 0 Å². The molecule has 192 valence electrons. The Morgan fingerprint density at radius 2 is 1.67 bits per heavy atom. The fourth-order valence-corrected chi connectivity index (χ4v) is 4.45. The number of piperazine rings is 1. The number of fused-ring (bicyclic) bond motifs is 1. The lowest BCUT2D eigenvalue weighted by atomic mass is 9.95. The highest BCUT2D eigenvalue weighted by Crippen LogP contribution is 2.43. The Hall–Kier alpha value is -3.84. The van der Waals surface area contributed by atoms with Crippen LogP contribution in [-0.2, 0) is 21.9 Å². The average molecular weight is 514 g/mol. The summed E-state index contributed by atoms with van der Waals surface area (Å²) in [5.41, 5.74) is 0.523. The van der Waals surface area contributed by atoms with Gasteiger partial charge in [-0.2, -0.15) is 31.4 Å². The Bertz CT molecular complexity index is 1380. The number of nitrogen functional groups attached to an aromatic ring is 1. The van der Waals surface area contributed by atoms with Crippen LogP contribution in [0.25, 0.3) is 16.8 Å². The van der Waals surface area contributed by atoms with Crippen molar-refractivity contribution in [3.63, 3.8) is 0 Å². The summed E-state index contributed by atoms with van der Waals surface area (Å²) in [5.74, 6) is -1.66. The SMILES string of the molecule is CC(=O)N1CCN(c2cc(-c3cc(C(F)(F)F)c4c(N)ncnn34)ccc2C(F)(F)F)C(=O)C1(C)C. The van der Waals surface area contributed by atoms with Gasteiger partial charge in [-0.25, -0.2) is 9.50 Å². The molecule has 0 atom stereocenters. The van der Waals surface area contributed by atoms with Crippen LogP contribution < -0.4 is 10.6 Å². The van der Waals surface area contributed by atoms with Gasteiger partial charge in [0.1, 0.15) is 17.4 Å². The molecular formula is C22H20F6N6O2. The van der Waals surface area contributed by atoms with Crippen molar-refractivity contribution < 1.29 is 35.9 Å². The monoisotopic (exact) mass is 514 g/mol. The third kappa shape index (κ3) is 3.99. The number of hydrogen-bond acceptors (Lipinski definition) is 5. The van der Waals surface area contributed by atoms with Gasteiger partial charge < -0.3 is 15.5 Å². The molecule has 0 aliphatic carbocycles. The minimum Gasteiger partial charge on any atom is -0.382 e. The molecule has 1 fully saturated rings. The van der Waals surface area contributed by atoms with E-state index in [1.165, 1.54) is 25.7 Å². The van der Waals surface area contributed by atoms with Gasteiger partial charge in [0.2, 0.25) is 5.91 Å². The Morgan fingerprint density at radius 3 is 2.25 bits per heavy atom. The number of carbonyl (C=O) groups excluding carboxylic acids is 2. The molecule has 2 amide bonds. The van der Waals surface area contributed by atoms with Gasteiger partial charge in [-0.05, 0) is 32.0 Å². The summed E-state index contributed by atoms with van der Waals surface area (Å²) in [6, 6.07) is 3.39. The number of carbonyl (C=O) groups is 2. The van der Waals surface area contributed by atoms with Crippen molar-refractivity contribution >= 4 is 28.8 Å². The Balaban J connectivity index is 1.93. The number of rotatable bonds is 2. The summed E-state index contributed by atoms with van der Waals surface area (Å²) in [6.07, 6.45) is -8.80. The highest BCUT2D eigenvalue weighted by Gasteiger charge is 2.46. The number of amides is 2. The number of benzene rings is 1. The van der Waals surface area contributed by atoms with Gasteiger partial charge in [0.25, 0.3) is 5.91 Å². The Labute approximate surface area is 200 Å². The van der Waals surface area contributed by atoms with Crippen molar-refractivity contribution in [1.29, 1.82) is 0 Å². The molecule has 14 heteroatoms. The van der Waals surface area contributed by atoms with E-state index < -0.39 is 57.9 Å². The first kappa shape index (κ1) is 25.3. The summed E-state index contributed by atoms with van der Waals surface area (Å²) >= 11 is 0. The van der Waals surface area contributed by atoms with E-state index in [1.807, 2.05) is 0 Å². The van der Waals surface area contributed by atoms with Gasteiger partial charge in [0, 0.05) is 25.6 Å². The van der Waals surface area contributed by atoms with Gasteiger partial charge in [-0.15, -0.1) is 0 Å². The number of alkyl halides is 6. The average Bonchev–Trinajstić information content (AvgIpc) is 3.16. The van der Waals surface area contributed by atoms with E-state index in [0.717, 1.165) is 27.9 Å². The number of nitrogens with two attached hydrogens (primary N) is 1. The van der Waals surface area contributed by atoms with E-state index >= 15 is 0 Å². The maximum absolute atomic E-state index is 13.9. The predicted octanol–water partition coefficient (Wildman–Crippen LogP) is 3.99. The summed E-state index contributed by atoms with van der Waals surface area (Å²) in [5, 5.41) is 3.81. The minimum absolute atomic E-state index is 0.0361. The lowest BCUT2D eigenvalue weighted by Gasteiger charge is -2.46. The molecule has 4 rings (SSSR count). The van der Waals surface area contributed by atoms with E-state index in [1.54, 1.807) is 0 Å². The number of hydrogen-bond donors (Lipinski definition) is 1. The van der Waals surface area contributed by atoms with E-state index in [0.29, 0.717) is 12.1 Å². The van der Waals surface area contributed by atoms with Crippen molar-refractivity contribution in [3.8, 4) is 11.3 Å². The van der Waals surface area contributed by atoms with Crippen molar-refractivity contribution in [1.82, 2.24) is 19.5 Å². The lowest BCUT2D eigenvalue weighted by Crippen LogP contribution is -2.64. The Morgan fingerprint density at radius 1 is 1.03 bits per heavy atom. The topological polar surface area (TPSA) is 96.8 Å². The molecule has 0 saturated carbocycles. The van der Waals surface area contributed by atoms with Crippen molar-refractivity contribution in [3.05, 3.63) is 41.7 Å². The standard InChI is InChI=1S/C22H20F6N6O2/c1-11(35)33-7-6-32(19(36)20(33,2)3)16-8-12(4-5-13(16)21(23,24)25)15-9-14(22(26,27)28)17-18(29)30-10-31-34(15)17/h4-5,8-10H,6-7H2,1-3H3,(H2,29,30,31). The molecule has 0 radical (unpaired) electrons. The fourth-order valence-electron chi connectivity index (χ4n) is 4.45. The van der Waals surface area contributed by atoms with E-state index in [9.17, 15) is 35.9 Å². The van der Waals surface area contributed by atoms with E-state index in [-0.39, 0.29) is 24.3 Å². The zero-order valence-electron chi connectivity index (χ0n) is 19.2.